The van der Waals surface area contributed by atoms with Gasteiger partial charge in [-0.15, -0.1) is 5.73 Å². The van der Waals surface area contributed by atoms with Crippen molar-refractivity contribution in [3.05, 3.63) is 17.9 Å². The van der Waals surface area contributed by atoms with Gasteiger partial charge in [-0.3, -0.25) is 9.59 Å². The van der Waals surface area contributed by atoms with Gasteiger partial charge >= 0.3 is 11.9 Å². The van der Waals surface area contributed by atoms with Crippen molar-refractivity contribution in [2.75, 3.05) is 0 Å². The van der Waals surface area contributed by atoms with E-state index in [-0.39, 0.29) is 6.42 Å². The molecule has 0 fully saturated rings. The highest BCUT2D eigenvalue weighted by Gasteiger charge is 2.26. The third-order valence-electron chi connectivity index (χ3n) is 2.13. The highest BCUT2D eigenvalue weighted by Crippen LogP contribution is 2.17. The average molecular weight is 212 g/mol. The number of carboxylic acid groups (broad SMARTS) is 2. The molecule has 0 atom stereocenters. The first kappa shape index (κ1) is 13.5. The van der Waals surface area contributed by atoms with E-state index in [1.54, 1.807) is 0 Å². The summed E-state index contributed by atoms with van der Waals surface area (Å²) in [4.78, 5) is 21.2. The maximum absolute atomic E-state index is 10.6. The van der Waals surface area contributed by atoms with Gasteiger partial charge in [0.2, 0.25) is 0 Å². The Kier molecular flexibility index (Phi) is 6.14. The Morgan fingerprint density at radius 3 is 2.20 bits per heavy atom. The molecule has 2 N–H and O–H groups in total. The van der Waals surface area contributed by atoms with Crippen molar-refractivity contribution >= 4 is 11.9 Å². The molecule has 0 unspecified atom stereocenters. The Bertz CT molecular complexity index is 273. The van der Waals surface area contributed by atoms with Crippen molar-refractivity contribution in [3.8, 4) is 0 Å². The second kappa shape index (κ2) is 6.85. The Balaban J connectivity index is 4.44. The topological polar surface area (TPSA) is 74.6 Å². The first-order chi connectivity index (χ1) is 7.02. The summed E-state index contributed by atoms with van der Waals surface area (Å²) in [5, 5.41) is 17.3. The van der Waals surface area contributed by atoms with Gasteiger partial charge in [-0.2, -0.15) is 0 Å². The van der Waals surface area contributed by atoms with Gasteiger partial charge in [0.25, 0.3) is 0 Å². The molecular weight excluding hydrogens is 196 g/mol. The number of hydrogen-bond acceptors (Lipinski definition) is 2. The number of aliphatic carboxylic acids is 2. The lowest BCUT2D eigenvalue weighted by Gasteiger charge is -2.08. The fourth-order valence-corrected chi connectivity index (χ4v) is 1.18. The number of allylic oxidation sites excluding steroid dienone is 1. The van der Waals surface area contributed by atoms with E-state index in [1.807, 2.05) is 6.92 Å². The predicted molar refractivity (Wildman–Crippen MR) is 55.6 cm³/mol. The van der Waals surface area contributed by atoms with Gasteiger partial charge in [0.05, 0.1) is 0 Å². The van der Waals surface area contributed by atoms with Gasteiger partial charge < -0.3 is 10.2 Å². The zero-order valence-electron chi connectivity index (χ0n) is 8.82. The summed E-state index contributed by atoms with van der Waals surface area (Å²) >= 11 is 0. The Hall–Kier alpha value is -1.54. The maximum Gasteiger partial charge on any atom is 0.318 e. The van der Waals surface area contributed by atoms with Crippen LogP contribution in [-0.4, -0.2) is 22.2 Å². The summed E-state index contributed by atoms with van der Waals surface area (Å²) < 4.78 is 0. The Labute approximate surface area is 88.9 Å². The van der Waals surface area contributed by atoms with Gasteiger partial charge in [-0.25, -0.2) is 0 Å². The summed E-state index contributed by atoms with van der Waals surface area (Å²) in [6, 6.07) is 0. The van der Waals surface area contributed by atoms with Gasteiger partial charge in [0.15, 0.2) is 5.92 Å². The van der Waals surface area contributed by atoms with E-state index >= 15 is 0 Å². The number of hydrogen-bond donors (Lipinski definition) is 2. The molecule has 0 saturated heterocycles. The van der Waals surface area contributed by atoms with Crippen LogP contribution in [0.4, 0.5) is 0 Å². The molecule has 0 aliphatic rings. The van der Waals surface area contributed by atoms with Crippen LogP contribution in [0.1, 0.15) is 32.6 Å². The highest BCUT2D eigenvalue weighted by molar-refractivity contribution is 5.93. The van der Waals surface area contributed by atoms with E-state index in [1.165, 1.54) is 0 Å². The van der Waals surface area contributed by atoms with Crippen molar-refractivity contribution in [1.29, 1.82) is 0 Å². The average Bonchev–Trinajstić information content (AvgIpc) is 2.17. The van der Waals surface area contributed by atoms with E-state index in [4.69, 9.17) is 10.2 Å². The van der Waals surface area contributed by atoms with Crippen LogP contribution in [0.5, 0.6) is 0 Å². The fourth-order valence-electron chi connectivity index (χ4n) is 1.18. The molecule has 4 heteroatoms. The molecule has 0 radical (unpaired) electrons. The summed E-state index contributed by atoms with van der Waals surface area (Å²) in [5.74, 6) is -4.01. The van der Waals surface area contributed by atoms with E-state index in [2.05, 4.69) is 12.3 Å². The van der Waals surface area contributed by atoms with E-state index < -0.39 is 17.9 Å². The third-order valence-corrected chi connectivity index (χ3v) is 2.13. The van der Waals surface area contributed by atoms with Crippen LogP contribution < -0.4 is 0 Å². The first-order valence-electron chi connectivity index (χ1n) is 4.86. The highest BCUT2D eigenvalue weighted by atomic mass is 16.4. The van der Waals surface area contributed by atoms with Crippen LogP contribution in [0.15, 0.2) is 17.9 Å². The second-order valence-corrected chi connectivity index (χ2v) is 3.32. The summed E-state index contributed by atoms with van der Waals surface area (Å²) in [6.07, 6.45) is 2.52. The third kappa shape index (κ3) is 5.03. The molecule has 0 aliphatic carbocycles. The van der Waals surface area contributed by atoms with Crippen molar-refractivity contribution in [2.24, 2.45) is 5.92 Å². The van der Waals surface area contributed by atoms with Crippen molar-refractivity contribution in [1.82, 2.24) is 0 Å². The summed E-state index contributed by atoms with van der Waals surface area (Å²) in [6.45, 7) is 5.44. The molecule has 4 nitrogen and oxygen atoms in total. The molecule has 0 aromatic heterocycles. The summed E-state index contributed by atoms with van der Waals surface area (Å²) in [5.41, 5.74) is 3.29. The zero-order valence-corrected chi connectivity index (χ0v) is 8.82. The van der Waals surface area contributed by atoms with Crippen LogP contribution in [0.25, 0.3) is 0 Å². The van der Waals surface area contributed by atoms with Crippen LogP contribution >= 0.6 is 0 Å². The van der Waals surface area contributed by atoms with Crippen molar-refractivity contribution < 1.29 is 19.8 Å². The van der Waals surface area contributed by atoms with Crippen LogP contribution in [0, 0.1) is 5.92 Å². The molecule has 0 bridgehead atoms. The number of carbonyl (C=O) groups is 2. The lowest BCUT2D eigenvalue weighted by molar-refractivity contribution is -0.154. The van der Waals surface area contributed by atoms with Crippen LogP contribution in [0.3, 0.4) is 0 Å². The molecule has 0 spiro atoms. The van der Waals surface area contributed by atoms with E-state index in [0.717, 1.165) is 12.8 Å². The van der Waals surface area contributed by atoms with E-state index in [9.17, 15) is 9.59 Å². The van der Waals surface area contributed by atoms with Crippen molar-refractivity contribution in [3.63, 3.8) is 0 Å². The molecule has 15 heavy (non-hydrogen) atoms. The second-order valence-electron chi connectivity index (χ2n) is 3.32. The zero-order chi connectivity index (χ0) is 11.8. The SMILES string of the molecule is C=C=C(CCCC)CC(C(=O)O)C(=O)O. The van der Waals surface area contributed by atoms with Crippen LogP contribution in [-0.2, 0) is 9.59 Å². The number of rotatable bonds is 7. The minimum Gasteiger partial charge on any atom is -0.481 e. The number of carboxylic acids is 2. The molecule has 84 valence electrons. The monoisotopic (exact) mass is 212 g/mol. The number of unbranched alkanes of at least 4 members (excludes halogenated alkanes) is 1. The largest absolute Gasteiger partial charge is 0.481 e. The fraction of sp³-hybridized carbons (Fsp3) is 0.545. The van der Waals surface area contributed by atoms with Gasteiger partial charge in [-0.05, 0) is 24.8 Å². The smallest absolute Gasteiger partial charge is 0.318 e. The van der Waals surface area contributed by atoms with Crippen LogP contribution in [0.2, 0.25) is 0 Å². The normalized spacial score (nSPS) is 9.73. The van der Waals surface area contributed by atoms with Gasteiger partial charge in [0.1, 0.15) is 0 Å². The van der Waals surface area contributed by atoms with Gasteiger partial charge in [-0.1, -0.05) is 19.9 Å². The molecule has 0 heterocycles. The molecule has 0 aromatic carbocycles. The van der Waals surface area contributed by atoms with E-state index in [0.29, 0.717) is 12.0 Å². The van der Waals surface area contributed by atoms with Gasteiger partial charge in [0, 0.05) is 0 Å². The molecular formula is C11H16O4. The maximum atomic E-state index is 10.6. The molecule has 0 aromatic rings. The lowest BCUT2D eigenvalue weighted by Crippen LogP contribution is -2.23. The Morgan fingerprint density at radius 2 is 1.87 bits per heavy atom. The van der Waals surface area contributed by atoms with Crippen molar-refractivity contribution in [2.45, 2.75) is 32.6 Å². The quantitative estimate of drug-likeness (QED) is 0.500. The first-order valence-corrected chi connectivity index (χ1v) is 4.86. The minimum absolute atomic E-state index is 0.00579. The predicted octanol–water partition coefficient (Wildman–Crippen LogP) is 2.06. The molecule has 0 amide bonds. The lowest BCUT2D eigenvalue weighted by atomic mass is 9.96. The Morgan fingerprint density at radius 1 is 1.33 bits per heavy atom. The minimum atomic E-state index is -1.38. The summed E-state index contributed by atoms with van der Waals surface area (Å²) in [7, 11) is 0. The molecule has 0 rings (SSSR count). The molecule has 0 saturated carbocycles. The molecule has 0 aliphatic heterocycles. The standard InChI is InChI=1S/C11H16O4/c1-3-5-6-8(4-2)7-9(10(12)13)11(14)15/h9H,2-3,5-7H2,1H3,(H,12,13)(H,14,15).